The largest absolute Gasteiger partial charge is 0.452 e. The molecule has 0 spiro atoms. The highest BCUT2D eigenvalue weighted by molar-refractivity contribution is 6.00. The van der Waals surface area contributed by atoms with Gasteiger partial charge in [-0.2, -0.15) is 0 Å². The minimum absolute atomic E-state index is 0.0752. The fourth-order valence-corrected chi connectivity index (χ4v) is 2.75. The first-order valence-corrected chi connectivity index (χ1v) is 8.77. The molecule has 0 radical (unpaired) electrons. The molecule has 2 N–H and O–H groups in total. The van der Waals surface area contributed by atoms with Crippen LogP contribution in [0.15, 0.2) is 48.5 Å². The van der Waals surface area contributed by atoms with Gasteiger partial charge in [0.05, 0.1) is 10.5 Å². The van der Waals surface area contributed by atoms with Crippen LogP contribution in [0.3, 0.4) is 0 Å². The van der Waals surface area contributed by atoms with Gasteiger partial charge in [0.2, 0.25) is 0 Å². The van der Waals surface area contributed by atoms with E-state index in [9.17, 15) is 24.5 Å². The summed E-state index contributed by atoms with van der Waals surface area (Å²) in [6.07, 6.45) is 0. The van der Waals surface area contributed by atoms with E-state index in [0.717, 1.165) is 16.5 Å². The second-order valence-electron chi connectivity index (χ2n) is 6.18. The van der Waals surface area contributed by atoms with E-state index in [0.29, 0.717) is 18.8 Å². The molecule has 1 heterocycles. The van der Waals surface area contributed by atoms with Gasteiger partial charge in [0, 0.05) is 37.5 Å². The van der Waals surface area contributed by atoms with Crippen LogP contribution >= 0.6 is 0 Å². The number of hydrogen-bond donors (Lipinski definition) is 2. The highest BCUT2D eigenvalue weighted by atomic mass is 16.6. The number of anilines is 1. The van der Waals surface area contributed by atoms with Crippen molar-refractivity contribution in [3.8, 4) is 0 Å². The minimum Gasteiger partial charge on any atom is -0.452 e. The lowest BCUT2D eigenvalue weighted by atomic mass is 10.1. The van der Waals surface area contributed by atoms with Gasteiger partial charge in [-0.05, 0) is 11.6 Å². The highest BCUT2D eigenvalue weighted by Gasteiger charge is 2.27. The van der Waals surface area contributed by atoms with Gasteiger partial charge in [-0.1, -0.05) is 30.3 Å². The number of carbonyl (C=O) groups excluding carboxylic acids is 3. The second kappa shape index (κ2) is 8.83. The van der Waals surface area contributed by atoms with Crippen LogP contribution in [0.1, 0.15) is 15.9 Å². The van der Waals surface area contributed by atoms with E-state index in [1.54, 1.807) is 0 Å². The van der Waals surface area contributed by atoms with Crippen molar-refractivity contribution in [3.63, 3.8) is 0 Å². The Labute approximate surface area is 165 Å². The fourth-order valence-electron chi connectivity index (χ4n) is 2.75. The second-order valence-corrected chi connectivity index (χ2v) is 6.18. The molecule has 0 unspecified atom stereocenters. The lowest BCUT2D eigenvalue weighted by Gasteiger charge is -2.14. The summed E-state index contributed by atoms with van der Waals surface area (Å²) in [7, 11) is 0. The normalized spacial score (nSPS) is 13.0. The third kappa shape index (κ3) is 4.86. The van der Waals surface area contributed by atoms with Crippen molar-refractivity contribution in [1.82, 2.24) is 10.2 Å². The van der Waals surface area contributed by atoms with Gasteiger partial charge in [-0.25, -0.2) is 9.59 Å². The minimum atomic E-state index is -0.905. The number of nitrogens with one attached hydrogen (secondary N) is 2. The molecule has 1 aliphatic heterocycles. The standard InChI is InChI=1S/C19H18N4O6/c24-17(22-9-8-20-19(22)26)12-29-18(25)15-10-14(23(27)28)6-7-16(15)21-11-13-4-2-1-3-5-13/h1-7,10,21H,8-9,11-12H2,(H,20,26). The molecule has 1 saturated heterocycles. The van der Waals surface area contributed by atoms with Crippen molar-refractivity contribution in [2.75, 3.05) is 25.0 Å². The number of esters is 1. The maximum atomic E-state index is 12.5. The summed E-state index contributed by atoms with van der Waals surface area (Å²) in [5.74, 6) is -1.57. The number of ether oxygens (including phenoxy) is 1. The molecule has 0 saturated carbocycles. The lowest BCUT2D eigenvalue weighted by molar-refractivity contribution is -0.384. The number of carbonyl (C=O) groups is 3. The van der Waals surface area contributed by atoms with E-state index >= 15 is 0 Å². The number of urea groups is 1. The van der Waals surface area contributed by atoms with Gasteiger partial charge in [-0.3, -0.25) is 19.8 Å². The third-order valence-corrected chi connectivity index (χ3v) is 4.24. The van der Waals surface area contributed by atoms with Gasteiger partial charge in [0.15, 0.2) is 6.61 Å². The van der Waals surface area contributed by atoms with Crippen LogP contribution in [-0.4, -0.2) is 47.4 Å². The highest BCUT2D eigenvalue weighted by Crippen LogP contribution is 2.24. The molecule has 10 heteroatoms. The SMILES string of the molecule is O=C(OCC(=O)N1CCNC1=O)c1cc([N+](=O)[O-])ccc1NCc1ccccc1. The van der Waals surface area contributed by atoms with Crippen LogP contribution in [0.4, 0.5) is 16.2 Å². The third-order valence-electron chi connectivity index (χ3n) is 4.24. The average Bonchev–Trinajstić information content (AvgIpc) is 3.16. The van der Waals surface area contributed by atoms with Gasteiger partial charge in [0.25, 0.3) is 11.6 Å². The van der Waals surface area contributed by atoms with Gasteiger partial charge in [-0.15, -0.1) is 0 Å². The summed E-state index contributed by atoms with van der Waals surface area (Å²) in [5, 5.41) is 16.6. The monoisotopic (exact) mass is 398 g/mol. The van der Waals surface area contributed by atoms with Crippen LogP contribution in [0.5, 0.6) is 0 Å². The van der Waals surface area contributed by atoms with Gasteiger partial charge < -0.3 is 15.4 Å². The molecule has 0 aliphatic carbocycles. The molecule has 3 rings (SSSR count). The first kappa shape index (κ1) is 19.8. The number of hydrogen-bond acceptors (Lipinski definition) is 7. The summed E-state index contributed by atoms with van der Waals surface area (Å²) in [6.45, 7) is 0.256. The van der Waals surface area contributed by atoms with E-state index in [1.165, 1.54) is 12.1 Å². The Bertz CT molecular complexity index is 947. The first-order valence-electron chi connectivity index (χ1n) is 8.77. The number of amides is 3. The number of nitrogens with zero attached hydrogens (tertiary/aromatic N) is 2. The van der Waals surface area contributed by atoms with Crippen LogP contribution in [0, 0.1) is 10.1 Å². The van der Waals surface area contributed by atoms with Crippen molar-refractivity contribution in [2.45, 2.75) is 6.54 Å². The molecule has 0 aromatic heterocycles. The molecule has 29 heavy (non-hydrogen) atoms. The number of nitro benzene ring substituents is 1. The molecule has 150 valence electrons. The number of non-ortho nitro benzene ring substituents is 1. The van der Waals surface area contributed by atoms with Crippen LogP contribution in [0.2, 0.25) is 0 Å². The molecular formula is C19H18N4O6. The Hall–Kier alpha value is -3.95. The number of nitro groups is 1. The number of imide groups is 1. The van der Waals surface area contributed by atoms with Gasteiger partial charge in [0.1, 0.15) is 0 Å². The molecule has 0 bridgehead atoms. The molecule has 2 aromatic carbocycles. The summed E-state index contributed by atoms with van der Waals surface area (Å²) in [4.78, 5) is 47.4. The van der Waals surface area contributed by atoms with Crippen molar-refractivity contribution in [3.05, 3.63) is 69.8 Å². The van der Waals surface area contributed by atoms with E-state index in [-0.39, 0.29) is 17.8 Å². The summed E-state index contributed by atoms with van der Waals surface area (Å²) >= 11 is 0. The van der Waals surface area contributed by atoms with Crippen molar-refractivity contribution in [1.29, 1.82) is 0 Å². The maximum Gasteiger partial charge on any atom is 0.341 e. The van der Waals surface area contributed by atoms with Crippen LogP contribution < -0.4 is 10.6 Å². The Kier molecular flexibility index (Phi) is 6.03. The van der Waals surface area contributed by atoms with Gasteiger partial charge >= 0.3 is 12.0 Å². The lowest BCUT2D eigenvalue weighted by Crippen LogP contribution is -2.37. The molecule has 2 aromatic rings. The van der Waals surface area contributed by atoms with E-state index in [1.807, 2.05) is 30.3 Å². The van der Waals surface area contributed by atoms with Crippen molar-refractivity contribution in [2.24, 2.45) is 0 Å². The summed E-state index contributed by atoms with van der Waals surface area (Å²) in [6, 6.07) is 12.6. The topological polar surface area (TPSA) is 131 Å². The molecule has 3 amide bonds. The molecule has 1 fully saturated rings. The number of rotatable bonds is 7. The quantitative estimate of drug-likeness (QED) is 0.414. The number of benzene rings is 2. The zero-order valence-electron chi connectivity index (χ0n) is 15.3. The smallest absolute Gasteiger partial charge is 0.341 e. The maximum absolute atomic E-state index is 12.5. The molecular weight excluding hydrogens is 380 g/mol. The summed E-state index contributed by atoms with van der Waals surface area (Å²) in [5.41, 5.74) is 0.914. The summed E-state index contributed by atoms with van der Waals surface area (Å²) < 4.78 is 5.01. The predicted octanol–water partition coefficient (Wildman–Crippen LogP) is 1.92. The fraction of sp³-hybridized carbons (Fsp3) is 0.211. The molecule has 0 atom stereocenters. The Morgan fingerprint density at radius 1 is 1.21 bits per heavy atom. The van der Waals surface area contributed by atoms with E-state index in [2.05, 4.69) is 10.6 Å². The average molecular weight is 398 g/mol. The van der Waals surface area contributed by atoms with E-state index < -0.39 is 29.4 Å². The Balaban J connectivity index is 1.73. The first-order chi connectivity index (χ1) is 14.0. The Morgan fingerprint density at radius 2 is 1.97 bits per heavy atom. The zero-order chi connectivity index (χ0) is 20.8. The molecule has 1 aliphatic rings. The molecule has 10 nitrogen and oxygen atoms in total. The van der Waals surface area contributed by atoms with Crippen LogP contribution in [-0.2, 0) is 16.1 Å². The predicted molar refractivity (Wildman–Crippen MR) is 102 cm³/mol. The van der Waals surface area contributed by atoms with Crippen LogP contribution in [0.25, 0.3) is 0 Å². The zero-order valence-corrected chi connectivity index (χ0v) is 15.3. The van der Waals surface area contributed by atoms with Crippen molar-refractivity contribution < 1.29 is 24.0 Å². The van der Waals surface area contributed by atoms with E-state index in [4.69, 9.17) is 4.74 Å². The van der Waals surface area contributed by atoms with Crippen molar-refractivity contribution >= 4 is 29.3 Å². The Morgan fingerprint density at radius 3 is 2.62 bits per heavy atom.